The number of nitrogens with one attached hydrogen (secondary N) is 3. The van der Waals surface area contributed by atoms with E-state index >= 15 is 0 Å². The van der Waals surface area contributed by atoms with Crippen LogP contribution < -0.4 is 16.0 Å². The van der Waals surface area contributed by atoms with Crippen LogP contribution in [0.4, 0.5) is 21.5 Å². The van der Waals surface area contributed by atoms with E-state index in [1.54, 1.807) is 12.1 Å². The minimum atomic E-state index is -0.505. The summed E-state index contributed by atoms with van der Waals surface area (Å²) in [5.74, 6) is -0.543. The number of carbonyl (C=O) groups excluding carboxylic acids is 1. The van der Waals surface area contributed by atoms with Crippen molar-refractivity contribution in [2.75, 3.05) is 16.0 Å². The molecule has 176 valence electrons. The van der Waals surface area contributed by atoms with Gasteiger partial charge in [0, 0.05) is 22.0 Å². The third kappa shape index (κ3) is 7.15. The molecule has 0 fully saturated rings. The normalized spacial score (nSPS) is 11.4. The van der Waals surface area contributed by atoms with Gasteiger partial charge in [-0.3, -0.25) is 4.79 Å². The number of hydrogen-bond donors (Lipinski definition) is 3. The summed E-state index contributed by atoms with van der Waals surface area (Å²) in [6, 6.07) is 31.0. The molecule has 0 saturated carbocycles. The standard InChI is InChI=1S/C28H24FN3OS2/c1-19-10-14-23(15-11-19)31-28(34)32-24-8-5-9-25(18-24)35-26(20-6-3-2-4-7-20)27(33)30-22-16-12-21(29)13-17-22/h2-18,26H,1H3,(H,30,33)(H2,31,32,34). The first-order valence-corrected chi connectivity index (χ1v) is 12.3. The Morgan fingerprint density at radius 2 is 1.40 bits per heavy atom. The van der Waals surface area contributed by atoms with Crippen LogP contribution in [0.3, 0.4) is 0 Å². The molecule has 1 unspecified atom stereocenters. The van der Waals surface area contributed by atoms with Gasteiger partial charge in [0.15, 0.2) is 5.11 Å². The van der Waals surface area contributed by atoms with E-state index in [0.717, 1.165) is 21.8 Å². The summed E-state index contributed by atoms with van der Waals surface area (Å²) < 4.78 is 13.3. The molecule has 0 heterocycles. The van der Waals surface area contributed by atoms with Crippen LogP contribution in [-0.4, -0.2) is 11.0 Å². The number of amides is 1. The van der Waals surface area contributed by atoms with Gasteiger partial charge in [-0.1, -0.05) is 54.1 Å². The van der Waals surface area contributed by atoms with Gasteiger partial charge < -0.3 is 16.0 Å². The summed E-state index contributed by atoms with van der Waals surface area (Å²) in [7, 11) is 0. The second-order valence-corrected chi connectivity index (χ2v) is 9.46. The molecule has 0 aliphatic heterocycles. The highest BCUT2D eigenvalue weighted by atomic mass is 32.2. The number of rotatable bonds is 7. The quantitative estimate of drug-likeness (QED) is 0.182. The molecular formula is C28H24FN3OS2. The molecule has 0 aliphatic rings. The van der Waals surface area contributed by atoms with Crippen molar-refractivity contribution in [2.24, 2.45) is 0 Å². The number of thioether (sulfide) groups is 1. The molecule has 7 heteroatoms. The molecule has 0 saturated heterocycles. The summed E-state index contributed by atoms with van der Waals surface area (Å²) in [5, 5.41) is 9.24. The predicted molar refractivity (Wildman–Crippen MR) is 148 cm³/mol. The van der Waals surface area contributed by atoms with Gasteiger partial charge in [0.2, 0.25) is 5.91 Å². The summed E-state index contributed by atoms with van der Waals surface area (Å²) in [4.78, 5) is 14.1. The van der Waals surface area contributed by atoms with Crippen LogP contribution in [0.1, 0.15) is 16.4 Å². The lowest BCUT2D eigenvalue weighted by molar-refractivity contribution is -0.115. The SMILES string of the molecule is Cc1ccc(NC(=S)Nc2cccc(SC(C(=O)Nc3ccc(F)cc3)c3ccccc3)c2)cc1. The van der Waals surface area contributed by atoms with E-state index in [1.165, 1.54) is 29.5 Å². The average molecular weight is 502 g/mol. The van der Waals surface area contributed by atoms with Crippen LogP contribution in [0.25, 0.3) is 0 Å². The van der Waals surface area contributed by atoms with Crippen LogP contribution in [0.5, 0.6) is 0 Å². The van der Waals surface area contributed by atoms with Crippen molar-refractivity contribution in [2.45, 2.75) is 17.1 Å². The highest BCUT2D eigenvalue weighted by Gasteiger charge is 2.22. The van der Waals surface area contributed by atoms with Crippen LogP contribution in [-0.2, 0) is 4.79 Å². The van der Waals surface area contributed by atoms with Crippen molar-refractivity contribution in [1.29, 1.82) is 0 Å². The molecule has 1 amide bonds. The Hall–Kier alpha value is -3.68. The van der Waals surface area contributed by atoms with E-state index in [-0.39, 0.29) is 11.7 Å². The highest BCUT2D eigenvalue weighted by molar-refractivity contribution is 8.00. The number of thiocarbonyl (C=S) groups is 1. The zero-order valence-corrected chi connectivity index (χ0v) is 20.6. The van der Waals surface area contributed by atoms with Crippen molar-refractivity contribution in [3.63, 3.8) is 0 Å². The molecule has 0 radical (unpaired) electrons. The Balaban J connectivity index is 1.48. The lowest BCUT2D eigenvalue weighted by atomic mass is 10.1. The second kappa shape index (κ2) is 11.6. The molecule has 0 bridgehead atoms. The van der Waals surface area contributed by atoms with E-state index in [0.29, 0.717) is 10.8 Å². The van der Waals surface area contributed by atoms with Gasteiger partial charge in [0.1, 0.15) is 11.1 Å². The van der Waals surface area contributed by atoms with E-state index in [2.05, 4.69) is 16.0 Å². The van der Waals surface area contributed by atoms with Gasteiger partial charge in [0.25, 0.3) is 0 Å². The Morgan fingerprint density at radius 1 is 0.771 bits per heavy atom. The van der Waals surface area contributed by atoms with Gasteiger partial charge in [-0.05, 0) is 79.3 Å². The van der Waals surface area contributed by atoms with Gasteiger partial charge >= 0.3 is 0 Å². The Morgan fingerprint density at radius 3 is 2.11 bits per heavy atom. The molecule has 0 aromatic heterocycles. The van der Waals surface area contributed by atoms with Crippen LogP contribution in [0, 0.1) is 12.7 Å². The molecule has 4 aromatic rings. The monoisotopic (exact) mass is 501 g/mol. The summed E-state index contributed by atoms with van der Waals surface area (Å²) in [6.07, 6.45) is 0. The molecule has 35 heavy (non-hydrogen) atoms. The predicted octanol–water partition coefficient (Wildman–Crippen LogP) is 7.42. The van der Waals surface area contributed by atoms with Gasteiger partial charge in [-0.25, -0.2) is 4.39 Å². The maximum Gasteiger partial charge on any atom is 0.242 e. The van der Waals surface area contributed by atoms with Crippen molar-refractivity contribution in [3.05, 3.63) is 120 Å². The first-order chi connectivity index (χ1) is 17.0. The first kappa shape index (κ1) is 24.4. The summed E-state index contributed by atoms with van der Waals surface area (Å²) in [6.45, 7) is 2.03. The Bertz CT molecular complexity index is 1300. The van der Waals surface area contributed by atoms with Crippen molar-refractivity contribution < 1.29 is 9.18 Å². The fraction of sp³-hybridized carbons (Fsp3) is 0.0714. The molecule has 1 atom stereocenters. The zero-order chi connectivity index (χ0) is 24.6. The minimum Gasteiger partial charge on any atom is -0.332 e. The average Bonchev–Trinajstić information content (AvgIpc) is 2.86. The van der Waals surface area contributed by atoms with Crippen molar-refractivity contribution >= 4 is 52.1 Å². The van der Waals surface area contributed by atoms with Gasteiger partial charge in [0.05, 0.1) is 0 Å². The summed E-state index contributed by atoms with van der Waals surface area (Å²) in [5.41, 5.74) is 4.30. The first-order valence-electron chi connectivity index (χ1n) is 11.0. The smallest absolute Gasteiger partial charge is 0.242 e. The molecule has 4 nitrogen and oxygen atoms in total. The Labute approximate surface area is 214 Å². The van der Waals surface area contributed by atoms with E-state index < -0.39 is 5.25 Å². The van der Waals surface area contributed by atoms with Gasteiger partial charge in [-0.15, -0.1) is 11.8 Å². The number of carbonyl (C=O) groups is 1. The lowest BCUT2D eigenvalue weighted by Crippen LogP contribution is -2.19. The van der Waals surface area contributed by atoms with E-state index in [9.17, 15) is 9.18 Å². The zero-order valence-electron chi connectivity index (χ0n) is 19.0. The van der Waals surface area contributed by atoms with Gasteiger partial charge in [-0.2, -0.15) is 0 Å². The minimum absolute atomic E-state index is 0.192. The van der Waals surface area contributed by atoms with Crippen LogP contribution >= 0.6 is 24.0 Å². The lowest BCUT2D eigenvalue weighted by Gasteiger charge is -2.18. The van der Waals surface area contributed by atoms with Crippen LogP contribution in [0.15, 0.2) is 108 Å². The van der Waals surface area contributed by atoms with Crippen molar-refractivity contribution in [3.8, 4) is 0 Å². The van der Waals surface area contributed by atoms with Crippen molar-refractivity contribution in [1.82, 2.24) is 0 Å². The maximum absolute atomic E-state index is 13.3. The largest absolute Gasteiger partial charge is 0.332 e. The highest BCUT2D eigenvalue weighted by Crippen LogP contribution is 2.37. The number of halogens is 1. The number of benzene rings is 4. The topological polar surface area (TPSA) is 53.2 Å². The fourth-order valence-corrected chi connectivity index (χ4v) is 4.67. The number of anilines is 3. The number of aryl methyl sites for hydroxylation is 1. The summed E-state index contributed by atoms with van der Waals surface area (Å²) >= 11 is 6.89. The third-order valence-electron chi connectivity index (χ3n) is 5.11. The molecule has 4 aromatic carbocycles. The van der Waals surface area contributed by atoms with E-state index in [1.807, 2.05) is 85.8 Å². The molecule has 0 aliphatic carbocycles. The molecule has 0 spiro atoms. The molecular weight excluding hydrogens is 477 g/mol. The number of hydrogen-bond acceptors (Lipinski definition) is 3. The second-order valence-electron chi connectivity index (χ2n) is 7.88. The van der Waals surface area contributed by atoms with E-state index in [4.69, 9.17) is 12.2 Å². The Kier molecular flexibility index (Phi) is 8.13. The maximum atomic E-state index is 13.3. The molecule has 3 N–H and O–H groups in total. The van der Waals surface area contributed by atoms with Crippen LogP contribution in [0.2, 0.25) is 0 Å². The third-order valence-corrected chi connectivity index (χ3v) is 6.56. The molecule has 4 rings (SSSR count). The fourth-order valence-electron chi connectivity index (χ4n) is 3.36.